The molecule has 0 unspecified atom stereocenters. The molecule has 0 aliphatic carbocycles. The van der Waals surface area contributed by atoms with Gasteiger partial charge in [0.15, 0.2) is 0 Å². The summed E-state index contributed by atoms with van der Waals surface area (Å²) in [5.41, 5.74) is 7.13. The molecule has 1 aromatic heterocycles. The summed E-state index contributed by atoms with van der Waals surface area (Å²) in [6, 6.07) is 10.3. The quantitative estimate of drug-likeness (QED) is 0.448. The number of aromatic nitrogens is 1. The average Bonchev–Trinajstić information content (AvgIpc) is 2.88. The summed E-state index contributed by atoms with van der Waals surface area (Å²) >= 11 is 0. The molecule has 2 aliphatic heterocycles. The van der Waals surface area contributed by atoms with Gasteiger partial charge in [-0.25, -0.2) is 9.78 Å². The minimum absolute atomic E-state index is 0.0157. The predicted octanol–water partition coefficient (Wildman–Crippen LogP) is 2.07. The molecule has 11 heteroatoms. The second-order valence-corrected chi connectivity index (χ2v) is 9.59. The average molecular weight is 510 g/mol. The predicted molar refractivity (Wildman–Crippen MR) is 141 cm³/mol. The van der Waals surface area contributed by atoms with Crippen LogP contribution >= 0.6 is 0 Å². The lowest BCUT2D eigenvalue weighted by molar-refractivity contribution is 0.0303. The van der Waals surface area contributed by atoms with E-state index in [0.717, 1.165) is 19.4 Å². The van der Waals surface area contributed by atoms with E-state index >= 15 is 0 Å². The molecule has 2 saturated heterocycles. The molecule has 4 rings (SSSR count). The maximum atomic E-state index is 12.7. The molecule has 5 N–H and O–H groups in total. The maximum Gasteiger partial charge on any atom is 0.315 e. The van der Waals surface area contributed by atoms with Gasteiger partial charge >= 0.3 is 6.03 Å². The first-order chi connectivity index (χ1) is 17.8. The number of pyridine rings is 1. The van der Waals surface area contributed by atoms with Gasteiger partial charge in [-0.15, -0.1) is 0 Å². The monoisotopic (exact) mass is 509 g/mol. The zero-order valence-electron chi connectivity index (χ0n) is 21.3. The highest BCUT2D eigenvalue weighted by atomic mass is 16.5. The molecule has 11 nitrogen and oxygen atoms in total. The molecule has 0 bridgehead atoms. The van der Waals surface area contributed by atoms with Gasteiger partial charge in [-0.2, -0.15) is 0 Å². The molecule has 4 amide bonds. The molecule has 37 heavy (non-hydrogen) atoms. The van der Waals surface area contributed by atoms with Crippen molar-refractivity contribution in [3.63, 3.8) is 0 Å². The number of carbonyl (C=O) groups excluding carboxylic acids is 3. The molecule has 0 saturated carbocycles. The molecule has 2 fully saturated rings. The summed E-state index contributed by atoms with van der Waals surface area (Å²) in [5, 5.41) is 9.06. The van der Waals surface area contributed by atoms with E-state index in [1.165, 1.54) is 0 Å². The van der Waals surface area contributed by atoms with Crippen LogP contribution in [0, 0.1) is 0 Å². The first kappa shape index (κ1) is 26.2. The second kappa shape index (κ2) is 11.9. The smallest absolute Gasteiger partial charge is 0.315 e. The van der Waals surface area contributed by atoms with Gasteiger partial charge < -0.3 is 36.2 Å². The first-order valence-electron chi connectivity index (χ1n) is 12.7. The third-order valence-electron chi connectivity index (χ3n) is 6.34. The Labute approximate surface area is 216 Å². The standard InChI is InChI=1S/C26H35N7O4/c1-17(2)28-26(36)30-20-4-3-11-33(16-20)22-10-9-21(23(27)34)24(31-22)29-19-7-5-18(6-8-19)25(35)32-12-14-37-15-13-32/h5-10,17,20H,3-4,11-16H2,1-2H3,(H2,27,34)(H,29,31)(H2,28,30,36)/t20-/m1/s1. The Bertz CT molecular complexity index is 1120. The van der Waals surface area contributed by atoms with Crippen molar-refractivity contribution in [2.75, 3.05) is 49.6 Å². The molecule has 3 heterocycles. The molecule has 0 spiro atoms. The fourth-order valence-corrected chi connectivity index (χ4v) is 4.49. The highest BCUT2D eigenvalue weighted by Gasteiger charge is 2.24. The summed E-state index contributed by atoms with van der Waals surface area (Å²) in [4.78, 5) is 45.5. The van der Waals surface area contributed by atoms with Gasteiger partial charge in [0.05, 0.1) is 18.8 Å². The van der Waals surface area contributed by atoms with Crippen molar-refractivity contribution < 1.29 is 19.1 Å². The number of carbonyl (C=O) groups is 3. The van der Waals surface area contributed by atoms with Gasteiger partial charge in [-0.3, -0.25) is 9.59 Å². The highest BCUT2D eigenvalue weighted by molar-refractivity contribution is 5.99. The molecular weight excluding hydrogens is 474 g/mol. The van der Waals surface area contributed by atoms with Gasteiger partial charge in [0.1, 0.15) is 11.6 Å². The zero-order chi connectivity index (χ0) is 26.4. The van der Waals surface area contributed by atoms with Crippen molar-refractivity contribution in [1.82, 2.24) is 20.5 Å². The Kier molecular flexibility index (Phi) is 8.44. The number of anilines is 3. The lowest BCUT2D eigenvalue weighted by Gasteiger charge is -2.34. The summed E-state index contributed by atoms with van der Waals surface area (Å²) in [7, 11) is 0. The number of urea groups is 1. The van der Waals surface area contributed by atoms with Gasteiger partial charge in [0.2, 0.25) is 0 Å². The topological polar surface area (TPSA) is 142 Å². The van der Waals surface area contributed by atoms with Crippen LogP contribution in [0.1, 0.15) is 47.4 Å². The van der Waals surface area contributed by atoms with Crippen molar-refractivity contribution in [2.24, 2.45) is 5.73 Å². The van der Waals surface area contributed by atoms with E-state index in [0.29, 0.717) is 55.7 Å². The third kappa shape index (κ3) is 6.88. The molecule has 1 aromatic carbocycles. The Morgan fingerprint density at radius 2 is 1.78 bits per heavy atom. The molecule has 0 radical (unpaired) electrons. The number of nitrogens with one attached hydrogen (secondary N) is 3. The summed E-state index contributed by atoms with van der Waals surface area (Å²) in [6.07, 6.45) is 1.77. The third-order valence-corrected chi connectivity index (χ3v) is 6.34. The molecule has 2 aliphatic rings. The van der Waals surface area contributed by atoms with E-state index in [-0.39, 0.29) is 29.6 Å². The first-order valence-corrected chi connectivity index (χ1v) is 12.7. The van der Waals surface area contributed by atoms with E-state index in [2.05, 4.69) is 20.9 Å². The van der Waals surface area contributed by atoms with Crippen LogP contribution < -0.4 is 26.6 Å². The van der Waals surface area contributed by atoms with Crippen LogP contribution in [0.3, 0.4) is 0 Å². The maximum absolute atomic E-state index is 12.7. The normalized spacial score (nSPS) is 17.9. The van der Waals surface area contributed by atoms with Crippen LogP contribution in [-0.2, 0) is 4.74 Å². The zero-order valence-corrected chi connectivity index (χ0v) is 21.3. The van der Waals surface area contributed by atoms with Crippen LogP contribution in [0.4, 0.5) is 22.1 Å². The van der Waals surface area contributed by atoms with Crippen LogP contribution in [-0.4, -0.2) is 79.2 Å². The Morgan fingerprint density at radius 1 is 1.05 bits per heavy atom. The largest absolute Gasteiger partial charge is 0.378 e. The van der Waals surface area contributed by atoms with E-state index in [1.54, 1.807) is 41.3 Å². The summed E-state index contributed by atoms with van der Waals surface area (Å²) in [6.45, 7) is 7.46. The van der Waals surface area contributed by atoms with E-state index in [4.69, 9.17) is 15.5 Å². The number of benzene rings is 1. The summed E-state index contributed by atoms with van der Waals surface area (Å²) < 4.78 is 5.32. The molecule has 1 atom stereocenters. The van der Waals surface area contributed by atoms with Crippen LogP contribution in [0.5, 0.6) is 0 Å². The fraction of sp³-hybridized carbons (Fsp3) is 0.462. The van der Waals surface area contributed by atoms with Gasteiger partial charge in [0, 0.05) is 49.5 Å². The van der Waals surface area contributed by atoms with Crippen LogP contribution in [0.2, 0.25) is 0 Å². The number of hydrogen-bond donors (Lipinski definition) is 4. The Balaban J connectivity index is 1.47. The van der Waals surface area contributed by atoms with E-state index in [1.807, 2.05) is 13.8 Å². The van der Waals surface area contributed by atoms with E-state index < -0.39 is 5.91 Å². The molecular formula is C26H35N7O4. The van der Waals surface area contributed by atoms with Crippen LogP contribution in [0.25, 0.3) is 0 Å². The highest BCUT2D eigenvalue weighted by Crippen LogP contribution is 2.25. The number of hydrogen-bond acceptors (Lipinski definition) is 7. The Hall–Kier alpha value is -3.86. The van der Waals surface area contributed by atoms with Crippen molar-refractivity contribution in [1.29, 1.82) is 0 Å². The van der Waals surface area contributed by atoms with Crippen molar-refractivity contribution in [2.45, 2.75) is 38.8 Å². The van der Waals surface area contributed by atoms with Crippen molar-refractivity contribution >= 4 is 35.2 Å². The number of amides is 4. The molecule has 198 valence electrons. The van der Waals surface area contributed by atoms with Crippen molar-refractivity contribution in [3.05, 3.63) is 47.5 Å². The lowest BCUT2D eigenvalue weighted by atomic mass is 10.1. The number of nitrogens with two attached hydrogens (primary N) is 1. The number of rotatable bonds is 7. The van der Waals surface area contributed by atoms with Gasteiger partial charge in [-0.1, -0.05) is 0 Å². The lowest BCUT2D eigenvalue weighted by Crippen LogP contribution is -2.51. The SMILES string of the molecule is CC(C)NC(=O)N[C@@H]1CCCN(c2ccc(C(N)=O)c(Nc3ccc(C(=O)N4CCOCC4)cc3)n2)C1. The minimum atomic E-state index is -0.593. The van der Waals surface area contributed by atoms with Gasteiger partial charge in [-0.05, 0) is 63.1 Å². The number of morpholine rings is 1. The summed E-state index contributed by atoms with van der Waals surface area (Å²) in [5.74, 6) is 0.389. The van der Waals surface area contributed by atoms with Gasteiger partial charge in [0.25, 0.3) is 11.8 Å². The van der Waals surface area contributed by atoms with Crippen LogP contribution in [0.15, 0.2) is 36.4 Å². The molecule has 2 aromatic rings. The second-order valence-electron chi connectivity index (χ2n) is 9.59. The Morgan fingerprint density at radius 3 is 2.46 bits per heavy atom. The van der Waals surface area contributed by atoms with E-state index in [9.17, 15) is 14.4 Å². The minimum Gasteiger partial charge on any atom is -0.378 e. The fourth-order valence-electron chi connectivity index (χ4n) is 4.49. The number of piperidine rings is 1. The number of primary amides is 1. The number of nitrogens with zero attached hydrogens (tertiary/aromatic N) is 3. The number of ether oxygens (including phenoxy) is 1. The van der Waals surface area contributed by atoms with Crippen molar-refractivity contribution in [3.8, 4) is 0 Å².